The summed E-state index contributed by atoms with van der Waals surface area (Å²) in [5.41, 5.74) is 6.61. The average Bonchev–Trinajstić information content (AvgIpc) is 2.63. The number of aromatic nitrogens is 1. The van der Waals surface area contributed by atoms with Crippen molar-refractivity contribution in [3.8, 4) is 17.0 Å². The normalized spacial score (nSPS) is 10.4. The van der Waals surface area contributed by atoms with Gasteiger partial charge in [-0.05, 0) is 12.1 Å². The Morgan fingerprint density at radius 1 is 1.31 bits per heavy atom. The van der Waals surface area contributed by atoms with Crippen LogP contribution in [0.2, 0.25) is 10.0 Å². The van der Waals surface area contributed by atoms with Gasteiger partial charge < -0.3 is 15.0 Å². The highest BCUT2D eigenvalue weighted by Gasteiger charge is 2.14. The van der Waals surface area contributed by atoms with Crippen LogP contribution < -0.4 is 10.5 Å². The number of nitrogen functional groups attached to an aromatic ring is 1. The smallest absolute Gasteiger partial charge is 0.222 e. The number of rotatable bonds is 2. The molecule has 0 saturated carbocycles. The van der Waals surface area contributed by atoms with Crippen molar-refractivity contribution < 1.29 is 9.26 Å². The summed E-state index contributed by atoms with van der Waals surface area (Å²) in [6.07, 6.45) is 0. The van der Waals surface area contributed by atoms with Crippen LogP contribution in [0.3, 0.4) is 0 Å². The molecule has 0 radical (unpaired) electrons. The molecule has 2 aromatic rings. The third-order valence-corrected chi connectivity index (χ3v) is 2.52. The number of ether oxygens (including phenoxy) is 1. The van der Waals surface area contributed by atoms with E-state index in [2.05, 4.69) is 5.16 Å². The Morgan fingerprint density at radius 2 is 2.06 bits per heavy atom. The van der Waals surface area contributed by atoms with Crippen LogP contribution in [-0.4, -0.2) is 12.3 Å². The third-order valence-electron chi connectivity index (χ3n) is 2.02. The largest absolute Gasteiger partial charge is 0.494 e. The van der Waals surface area contributed by atoms with E-state index in [-0.39, 0.29) is 5.88 Å². The highest BCUT2D eigenvalue weighted by atomic mass is 35.5. The third kappa shape index (κ3) is 1.94. The Balaban J connectivity index is 2.63. The van der Waals surface area contributed by atoms with E-state index in [4.69, 9.17) is 38.2 Å². The Bertz CT molecular complexity index is 526. The molecule has 0 unspecified atom stereocenters. The molecule has 16 heavy (non-hydrogen) atoms. The maximum atomic E-state index is 5.99. The number of hydrogen-bond donors (Lipinski definition) is 1. The van der Waals surface area contributed by atoms with Gasteiger partial charge in [0.05, 0.1) is 12.1 Å². The van der Waals surface area contributed by atoms with Gasteiger partial charge in [0.2, 0.25) is 5.88 Å². The van der Waals surface area contributed by atoms with Crippen LogP contribution in [0.1, 0.15) is 0 Å². The van der Waals surface area contributed by atoms with Crippen LogP contribution in [-0.2, 0) is 0 Å². The van der Waals surface area contributed by atoms with Crippen molar-refractivity contribution in [2.75, 3.05) is 12.8 Å². The number of benzene rings is 1. The summed E-state index contributed by atoms with van der Waals surface area (Å²) in [5.74, 6) is 0.701. The molecule has 0 fully saturated rings. The number of nitrogens with zero attached hydrogens (tertiary/aromatic N) is 1. The summed E-state index contributed by atoms with van der Waals surface area (Å²) in [6.45, 7) is 0. The second-order valence-corrected chi connectivity index (χ2v) is 3.93. The van der Waals surface area contributed by atoms with E-state index in [1.54, 1.807) is 18.2 Å². The first-order valence-corrected chi connectivity index (χ1v) is 5.13. The van der Waals surface area contributed by atoms with E-state index < -0.39 is 0 Å². The summed E-state index contributed by atoms with van der Waals surface area (Å²) in [7, 11) is 1.52. The monoisotopic (exact) mass is 258 g/mol. The molecule has 0 atom stereocenters. The Labute approximate surface area is 102 Å². The Hall–Kier alpha value is -1.39. The molecule has 0 aliphatic rings. The maximum Gasteiger partial charge on any atom is 0.222 e. The molecule has 0 spiro atoms. The minimum absolute atomic E-state index is 0.216. The van der Waals surface area contributed by atoms with E-state index >= 15 is 0 Å². The lowest BCUT2D eigenvalue weighted by atomic mass is 10.1. The fourth-order valence-electron chi connectivity index (χ4n) is 1.37. The maximum absolute atomic E-state index is 5.99. The van der Waals surface area contributed by atoms with Crippen molar-refractivity contribution in [3.05, 3.63) is 28.2 Å². The topological polar surface area (TPSA) is 61.3 Å². The van der Waals surface area contributed by atoms with Crippen molar-refractivity contribution in [2.45, 2.75) is 0 Å². The van der Waals surface area contributed by atoms with Crippen molar-refractivity contribution in [1.29, 1.82) is 0 Å². The molecule has 0 bridgehead atoms. The summed E-state index contributed by atoms with van der Waals surface area (Å²) in [5, 5.41) is 4.68. The second kappa shape index (κ2) is 4.23. The van der Waals surface area contributed by atoms with Crippen LogP contribution in [0, 0.1) is 0 Å². The zero-order valence-electron chi connectivity index (χ0n) is 8.33. The van der Waals surface area contributed by atoms with Crippen molar-refractivity contribution >= 4 is 29.1 Å². The van der Waals surface area contributed by atoms with Gasteiger partial charge in [-0.25, -0.2) is 0 Å². The number of methoxy groups -OCH3 is 1. The van der Waals surface area contributed by atoms with Gasteiger partial charge in [-0.1, -0.05) is 28.4 Å². The van der Waals surface area contributed by atoms with Gasteiger partial charge in [-0.3, -0.25) is 0 Å². The summed E-state index contributed by atoms with van der Waals surface area (Å²) < 4.78 is 9.97. The molecule has 6 heteroatoms. The minimum atomic E-state index is 0.216. The molecule has 1 aromatic carbocycles. The molecule has 2 rings (SSSR count). The standard InChI is InChI=1S/C10H8Cl2N2O2/c1-15-10-6(2-5(11)3-7(10)12)8-4-9(13)16-14-8/h2-4H,13H2,1H3. The van der Waals surface area contributed by atoms with Crippen LogP contribution in [0.4, 0.5) is 5.88 Å². The SMILES string of the molecule is COc1c(Cl)cc(Cl)cc1-c1cc(N)on1. The molecule has 0 aliphatic carbocycles. The molecule has 2 N–H and O–H groups in total. The van der Waals surface area contributed by atoms with Crippen molar-refractivity contribution in [1.82, 2.24) is 5.16 Å². The molecular formula is C10H8Cl2N2O2. The molecule has 0 saturated heterocycles. The van der Waals surface area contributed by atoms with Gasteiger partial charge in [0.15, 0.2) is 0 Å². The number of anilines is 1. The lowest BCUT2D eigenvalue weighted by molar-refractivity contribution is 0.414. The fraction of sp³-hybridized carbons (Fsp3) is 0.100. The van der Waals surface area contributed by atoms with Gasteiger partial charge in [-0.2, -0.15) is 0 Å². The predicted molar refractivity (Wildman–Crippen MR) is 62.9 cm³/mol. The van der Waals surface area contributed by atoms with E-state index in [0.717, 1.165) is 0 Å². The van der Waals surface area contributed by atoms with Crippen LogP contribution in [0.5, 0.6) is 5.75 Å². The van der Waals surface area contributed by atoms with Crippen molar-refractivity contribution in [2.24, 2.45) is 0 Å². The second-order valence-electron chi connectivity index (χ2n) is 3.08. The lowest BCUT2D eigenvalue weighted by Gasteiger charge is -2.08. The van der Waals surface area contributed by atoms with E-state index in [0.29, 0.717) is 27.1 Å². The molecular weight excluding hydrogens is 251 g/mol. The lowest BCUT2D eigenvalue weighted by Crippen LogP contribution is -1.89. The first-order chi connectivity index (χ1) is 7.61. The van der Waals surface area contributed by atoms with Crippen LogP contribution in [0.25, 0.3) is 11.3 Å². The van der Waals surface area contributed by atoms with Crippen LogP contribution >= 0.6 is 23.2 Å². The highest BCUT2D eigenvalue weighted by Crippen LogP contribution is 2.38. The van der Waals surface area contributed by atoms with Gasteiger partial charge in [0, 0.05) is 16.7 Å². The number of hydrogen-bond acceptors (Lipinski definition) is 4. The van der Waals surface area contributed by atoms with Gasteiger partial charge >= 0.3 is 0 Å². The highest BCUT2D eigenvalue weighted by molar-refractivity contribution is 6.36. The molecule has 84 valence electrons. The quantitative estimate of drug-likeness (QED) is 0.899. The zero-order chi connectivity index (χ0) is 11.7. The summed E-state index contributed by atoms with van der Waals surface area (Å²) in [6, 6.07) is 4.85. The fourth-order valence-corrected chi connectivity index (χ4v) is 1.94. The summed E-state index contributed by atoms with van der Waals surface area (Å²) >= 11 is 11.9. The van der Waals surface area contributed by atoms with Gasteiger partial charge in [0.1, 0.15) is 11.4 Å². The van der Waals surface area contributed by atoms with Crippen LogP contribution in [0.15, 0.2) is 22.7 Å². The number of halogens is 2. The van der Waals surface area contributed by atoms with Gasteiger partial charge in [-0.15, -0.1) is 0 Å². The Morgan fingerprint density at radius 3 is 2.62 bits per heavy atom. The van der Waals surface area contributed by atoms with Crippen molar-refractivity contribution in [3.63, 3.8) is 0 Å². The zero-order valence-corrected chi connectivity index (χ0v) is 9.84. The molecule has 1 heterocycles. The van der Waals surface area contributed by atoms with E-state index in [9.17, 15) is 0 Å². The molecule has 0 aliphatic heterocycles. The Kier molecular flexibility index (Phi) is 2.94. The predicted octanol–water partition coefficient (Wildman–Crippen LogP) is 3.24. The first-order valence-electron chi connectivity index (χ1n) is 4.37. The number of nitrogens with two attached hydrogens (primary N) is 1. The molecule has 0 amide bonds. The summed E-state index contributed by atoms with van der Waals surface area (Å²) in [4.78, 5) is 0. The molecule has 4 nitrogen and oxygen atoms in total. The van der Waals surface area contributed by atoms with Gasteiger partial charge in [0.25, 0.3) is 0 Å². The minimum Gasteiger partial charge on any atom is -0.494 e. The van der Waals surface area contributed by atoms with E-state index in [1.165, 1.54) is 7.11 Å². The first kappa shape index (κ1) is 11.1. The van der Waals surface area contributed by atoms with E-state index in [1.807, 2.05) is 0 Å². The molecule has 1 aromatic heterocycles. The average molecular weight is 259 g/mol.